The minimum atomic E-state index is -0.232. The molecule has 1 amide bonds. The van der Waals surface area contributed by atoms with Gasteiger partial charge in [-0.2, -0.15) is 0 Å². The number of nitrogens with two attached hydrogens (primary N) is 1. The molecule has 0 aliphatic heterocycles. The number of rotatable bonds is 3. The number of nitrogens with one attached hydrogen (secondary N) is 1. The molecular formula is C14H20ClFN2O. The highest BCUT2D eigenvalue weighted by Crippen LogP contribution is 2.24. The van der Waals surface area contributed by atoms with Crippen LogP contribution in [0.1, 0.15) is 30.4 Å². The summed E-state index contributed by atoms with van der Waals surface area (Å²) in [6, 6.07) is 5.18. The van der Waals surface area contributed by atoms with E-state index < -0.39 is 0 Å². The Morgan fingerprint density at radius 3 is 2.79 bits per heavy atom. The van der Waals surface area contributed by atoms with Crippen molar-refractivity contribution < 1.29 is 9.18 Å². The van der Waals surface area contributed by atoms with Gasteiger partial charge in [0.05, 0.1) is 0 Å². The first kappa shape index (κ1) is 15.9. The van der Waals surface area contributed by atoms with Crippen LogP contribution in [0.3, 0.4) is 0 Å². The second-order valence-electron chi connectivity index (χ2n) is 5.07. The van der Waals surface area contributed by atoms with Crippen LogP contribution in [0.25, 0.3) is 0 Å². The number of benzene rings is 1. The number of carbonyl (C=O) groups is 1. The fourth-order valence-electron chi connectivity index (χ4n) is 2.33. The van der Waals surface area contributed by atoms with Crippen LogP contribution in [-0.4, -0.2) is 11.9 Å². The Balaban J connectivity index is 0.00000180. The predicted octanol–water partition coefficient (Wildman–Crippen LogP) is 2.30. The number of halogens is 2. The molecule has 0 aromatic heterocycles. The average molecular weight is 287 g/mol. The van der Waals surface area contributed by atoms with E-state index in [9.17, 15) is 9.18 Å². The first-order chi connectivity index (χ1) is 8.56. The van der Waals surface area contributed by atoms with Crippen LogP contribution in [-0.2, 0) is 11.3 Å². The van der Waals surface area contributed by atoms with E-state index in [0.29, 0.717) is 12.1 Å². The quantitative estimate of drug-likeness (QED) is 0.896. The summed E-state index contributed by atoms with van der Waals surface area (Å²) in [5.74, 6) is -0.177. The van der Waals surface area contributed by atoms with Gasteiger partial charge in [-0.25, -0.2) is 4.39 Å². The number of hydrogen-bond acceptors (Lipinski definition) is 2. The van der Waals surface area contributed by atoms with Crippen molar-refractivity contribution in [1.29, 1.82) is 0 Å². The largest absolute Gasteiger partial charge is 0.352 e. The van der Waals surface area contributed by atoms with Gasteiger partial charge in [-0.05, 0) is 43.4 Å². The zero-order chi connectivity index (χ0) is 13.1. The van der Waals surface area contributed by atoms with Crippen LogP contribution < -0.4 is 11.1 Å². The highest BCUT2D eigenvalue weighted by molar-refractivity contribution is 5.85. The SMILES string of the molecule is Cc1ccc(CNC(=O)C2CCC(N)C2)cc1F.Cl. The molecule has 3 N–H and O–H groups in total. The Morgan fingerprint density at radius 2 is 2.21 bits per heavy atom. The van der Waals surface area contributed by atoms with Gasteiger partial charge < -0.3 is 11.1 Å². The van der Waals surface area contributed by atoms with Crippen LogP contribution in [0.2, 0.25) is 0 Å². The maximum absolute atomic E-state index is 13.3. The van der Waals surface area contributed by atoms with Gasteiger partial charge in [0.1, 0.15) is 5.82 Å². The molecule has 106 valence electrons. The summed E-state index contributed by atoms with van der Waals surface area (Å²) in [5, 5.41) is 2.85. The van der Waals surface area contributed by atoms with E-state index >= 15 is 0 Å². The van der Waals surface area contributed by atoms with Gasteiger partial charge in [0.2, 0.25) is 5.91 Å². The fourth-order valence-corrected chi connectivity index (χ4v) is 2.33. The molecule has 19 heavy (non-hydrogen) atoms. The van der Waals surface area contributed by atoms with Crippen LogP contribution in [0.15, 0.2) is 18.2 Å². The van der Waals surface area contributed by atoms with Gasteiger partial charge in [-0.1, -0.05) is 12.1 Å². The molecule has 2 rings (SSSR count). The maximum atomic E-state index is 13.3. The molecule has 3 nitrogen and oxygen atoms in total. The van der Waals surface area contributed by atoms with Crippen LogP contribution in [0.5, 0.6) is 0 Å². The summed E-state index contributed by atoms with van der Waals surface area (Å²) in [6.07, 6.45) is 2.53. The zero-order valence-electron chi connectivity index (χ0n) is 11.0. The van der Waals surface area contributed by atoms with Gasteiger partial charge in [-0.3, -0.25) is 4.79 Å². The van der Waals surface area contributed by atoms with Crippen molar-refractivity contribution in [3.8, 4) is 0 Å². The van der Waals surface area contributed by atoms with Crippen molar-refractivity contribution in [2.75, 3.05) is 0 Å². The van der Waals surface area contributed by atoms with E-state index in [0.717, 1.165) is 24.8 Å². The number of amides is 1. The molecule has 0 saturated heterocycles. The van der Waals surface area contributed by atoms with Crippen LogP contribution in [0, 0.1) is 18.7 Å². The van der Waals surface area contributed by atoms with Crippen molar-refractivity contribution in [3.63, 3.8) is 0 Å². The summed E-state index contributed by atoms with van der Waals surface area (Å²) >= 11 is 0. The fraction of sp³-hybridized carbons (Fsp3) is 0.500. The van der Waals surface area contributed by atoms with E-state index in [-0.39, 0.29) is 36.1 Å². The third kappa shape index (κ3) is 4.18. The second kappa shape index (κ2) is 6.87. The molecule has 1 aromatic carbocycles. The normalized spacial score (nSPS) is 21.8. The van der Waals surface area contributed by atoms with Gasteiger partial charge in [0, 0.05) is 18.5 Å². The highest BCUT2D eigenvalue weighted by atomic mass is 35.5. The van der Waals surface area contributed by atoms with Crippen molar-refractivity contribution in [2.45, 2.75) is 38.8 Å². The molecule has 5 heteroatoms. The van der Waals surface area contributed by atoms with Crippen LogP contribution in [0.4, 0.5) is 4.39 Å². The lowest BCUT2D eigenvalue weighted by molar-refractivity contribution is -0.125. The van der Waals surface area contributed by atoms with Gasteiger partial charge >= 0.3 is 0 Å². The number of aryl methyl sites for hydroxylation is 1. The third-order valence-corrected chi connectivity index (χ3v) is 3.55. The maximum Gasteiger partial charge on any atom is 0.223 e. The van der Waals surface area contributed by atoms with Gasteiger partial charge in [0.25, 0.3) is 0 Å². The molecular weight excluding hydrogens is 267 g/mol. The van der Waals surface area contributed by atoms with Crippen molar-refractivity contribution in [3.05, 3.63) is 35.1 Å². The van der Waals surface area contributed by atoms with Crippen molar-refractivity contribution >= 4 is 18.3 Å². The molecule has 0 bridgehead atoms. The van der Waals surface area contributed by atoms with Crippen molar-refractivity contribution in [2.24, 2.45) is 11.7 Å². The molecule has 2 unspecified atom stereocenters. The molecule has 1 aromatic rings. The summed E-state index contributed by atoms with van der Waals surface area (Å²) in [4.78, 5) is 11.9. The van der Waals surface area contributed by atoms with E-state index in [4.69, 9.17) is 5.73 Å². The minimum Gasteiger partial charge on any atom is -0.352 e. The molecule has 0 radical (unpaired) electrons. The summed E-state index contributed by atoms with van der Waals surface area (Å²) in [7, 11) is 0. The average Bonchev–Trinajstić information content (AvgIpc) is 2.77. The molecule has 0 heterocycles. The molecule has 0 spiro atoms. The Labute approximate surface area is 119 Å². The lowest BCUT2D eigenvalue weighted by Crippen LogP contribution is -2.30. The number of carbonyl (C=O) groups excluding carboxylic acids is 1. The van der Waals surface area contributed by atoms with Gasteiger partial charge in [0.15, 0.2) is 0 Å². The first-order valence-corrected chi connectivity index (χ1v) is 6.34. The standard InChI is InChI=1S/C14H19FN2O.ClH/c1-9-2-3-10(6-13(9)15)8-17-14(18)11-4-5-12(16)7-11;/h2-3,6,11-12H,4-5,7-8,16H2,1H3,(H,17,18);1H. The van der Waals surface area contributed by atoms with E-state index in [1.807, 2.05) is 6.07 Å². The highest BCUT2D eigenvalue weighted by Gasteiger charge is 2.27. The lowest BCUT2D eigenvalue weighted by Gasteiger charge is -2.11. The Bertz CT molecular complexity index is 453. The second-order valence-corrected chi connectivity index (χ2v) is 5.07. The first-order valence-electron chi connectivity index (χ1n) is 6.34. The van der Waals surface area contributed by atoms with Crippen LogP contribution >= 0.6 is 12.4 Å². The Hall–Kier alpha value is -1.13. The van der Waals surface area contributed by atoms with E-state index in [1.54, 1.807) is 13.0 Å². The smallest absolute Gasteiger partial charge is 0.223 e. The van der Waals surface area contributed by atoms with E-state index in [1.165, 1.54) is 6.07 Å². The molecule has 1 fully saturated rings. The molecule has 1 aliphatic rings. The lowest BCUT2D eigenvalue weighted by atomic mass is 10.1. The van der Waals surface area contributed by atoms with Gasteiger partial charge in [-0.15, -0.1) is 12.4 Å². The van der Waals surface area contributed by atoms with E-state index in [2.05, 4.69) is 5.32 Å². The third-order valence-electron chi connectivity index (χ3n) is 3.55. The summed E-state index contributed by atoms with van der Waals surface area (Å²) in [5.41, 5.74) is 7.18. The van der Waals surface area contributed by atoms with Crippen molar-refractivity contribution in [1.82, 2.24) is 5.32 Å². The molecule has 1 saturated carbocycles. The Morgan fingerprint density at radius 1 is 1.47 bits per heavy atom. The summed E-state index contributed by atoms with van der Waals surface area (Å²) in [6.45, 7) is 2.10. The summed E-state index contributed by atoms with van der Waals surface area (Å²) < 4.78 is 13.3. The predicted molar refractivity (Wildman–Crippen MR) is 75.5 cm³/mol. The molecule has 2 atom stereocenters. The zero-order valence-corrected chi connectivity index (χ0v) is 11.8. The minimum absolute atomic E-state index is 0. The Kier molecular flexibility index (Phi) is 5.76. The monoisotopic (exact) mass is 286 g/mol. The molecule has 1 aliphatic carbocycles. The topological polar surface area (TPSA) is 55.1 Å². The number of hydrogen-bond donors (Lipinski definition) is 2.